The third kappa shape index (κ3) is 5.10. The van der Waals surface area contributed by atoms with Crippen LogP contribution in [0.15, 0.2) is 82.1 Å². The van der Waals surface area contributed by atoms with Crippen LogP contribution in [-0.2, 0) is 24.2 Å². The lowest BCUT2D eigenvalue weighted by molar-refractivity contribution is -0.137. The summed E-state index contributed by atoms with van der Waals surface area (Å²) in [5, 5.41) is 13.7. The van der Waals surface area contributed by atoms with Gasteiger partial charge in [-0.1, -0.05) is 29.4 Å². The molecule has 5 aromatic rings. The Bertz CT molecular complexity index is 1760. The van der Waals surface area contributed by atoms with E-state index in [1.165, 1.54) is 40.1 Å². The van der Waals surface area contributed by atoms with Gasteiger partial charge >= 0.3 is 5.97 Å². The fourth-order valence-corrected chi connectivity index (χ4v) is 5.26. The molecule has 0 aliphatic carbocycles. The quantitative estimate of drug-likeness (QED) is 0.246. The van der Waals surface area contributed by atoms with E-state index in [1.54, 1.807) is 6.07 Å². The molecule has 0 saturated heterocycles. The van der Waals surface area contributed by atoms with Crippen molar-refractivity contribution in [3.8, 4) is 16.9 Å². The largest absolute Gasteiger partial charge is 0.481 e. The number of benzene rings is 3. The maximum Gasteiger partial charge on any atom is 0.303 e. The zero-order chi connectivity index (χ0) is 27.6. The zero-order valence-electron chi connectivity index (χ0n) is 21.7. The van der Waals surface area contributed by atoms with Gasteiger partial charge in [0.1, 0.15) is 17.3 Å². The molecular formula is C31H27FN4O4. The fraction of sp³-hybridized carbons (Fsp3) is 0.226. The molecule has 0 fully saturated rings. The number of hydrogen-bond acceptors (Lipinski definition) is 6. The Balaban J connectivity index is 1.32. The number of carbonyl (C=O) groups is 1. The summed E-state index contributed by atoms with van der Waals surface area (Å²) in [5.74, 6) is -0.0436. The van der Waals surface area contributed by atoms with Crippen LogP contribution >= 0.6 is 0 Å². The average Bonchev–Trinajstić information content (AvgIpc) is 3.59. The number of anilines is 1. The summed E-state index contributed by atoms with van der Waals surface area (Å²) in [6.07, 6.45) is 2.43. The maximum absolute atomic E-state index is 13.6. The highest BCUT2D eigenvalue weighted by atomic mass is 19.1. The smallest absolute Gasteiger partial charge is 0.303 e. The minimum Gasteiger partial charge on any atom is -0.481 e. The van der Waals surface area contributed by atoms with E-state index in [9.17, 15) is 14.0 Å². The van der Waals surface area contributed by atoms with Gasteiger partial charge < -0.3 is 14.5 Å². The lowest BCUT2D eigenvalue weighted by Crippen LogP contribution is -2.24. The van der Waals surface area contributed by atoms with Gasteiger partial charge in [0.2, 0.25) is 0 Å². The molecule has 1 N–H and O–H groups in total. The van der Waals surface area contributed by atoms with E-state index in [4.69, 9.17) is 14.6 Å². The van der Waals surface area contributed by atoms with Crippen LogP contribution in [-0.4, -0.2) is 32.3 Å². The number of para-hydroxylation sites is 1. The minimum atomic E-state index is -0.868. The second-order valence-corrected chi connectivity index (χ2v) is 9.96. The number of aromatic nitrogens is 3. The number of aryl methyl sites for hydroxylation is 1. The summed E-state index contributed by atoms with van der Waals surface area (Å²) in [5.41, 5.74) is 4.70. The van der Waals surface area contributed by atoms with Crippen LogP contribution in [0.1, 0.15) is 36.4 Å². The third-order valence-electron chi connectivity index (χ3n) is 7.25. The average molecular weight is 539 g/mol. The second kappa shape index (κ2) is 10.8. The van der Waals surface area contributed by atoms with E-state index in [-0.39, 0.29) is 12.0 Å². The van der Waals surface area contributed by atoms with Gasteiger partial charge in [0, 0.05) is 36.7 Å². The molecule has 9 heteroatoms. The van der Waals surface area contributed by atoms with Gasteiger partial charge in [-0.3, -0.25) is 14.2 Å². The Morgan fingerprint density at radius 2 is 1.85 bits per heavy atom. The topological polar surface area (TPSA) is 101 Å². The van der Waals surface area contributed by atoms with Crippen LogP contribution in [0.4, 0.5) is 10.1 Å². The van der Waals surface area contributed by atoms with Gasteiger partial charge in [0.25, 0.3) is 5.56 Å². The number of fused-ring (bicyclic) bond motifs is 2. The van der Waals surface area contributed by atoms with E-state index < -0.39 is 11.8 Å². The monoisotopic (exact) mass is 538 g/mol. The summed E-state index contributed by atoms with van der Waals surface area (Å²) in [4.78, 5) is 31.7. The number of hydrogen-bond donors (Lipinski definition) is 1. The van der Waals surface area contributed by atoms with Crippen LogP contribution < -0.4 is 10.5 Å². The number of nitrogens with zero attached hydrogens (tertiary/aromatic N) is 4. The predicted molar refractivity (Wildman–Crippen MR) is 149 cm³/mol. The Labute approximate surface area is 229 Å². The summed E-state index contributed by atoms with van der Waals surface area (Å²) in [7, 11) is 0. The van der Waals surface area contributed by atoms with Crippen LogP contribution in [0.2, 0.25) is 0 Å². The van der Waals surface area contributed by atoms with Crippen molar-refractivity contribution >= 4 is 22.6 Å². The molecule has 1 aliphatic rings. The first-order valence-corrected chi connectivity index (χ1v) is 13.3. The first-order chi connectivity index (χ1) is 19.5. The molecule has 0 spiro atoms. The van der Waals surface area contributed by atoms with E-state index in [0.717, 1.165) is 24.3 Å². The minimum absolute atomic E-state index is 0.0377. The molecule has 40 heavy (non-hydrogen) atoms. The Hall–Kier alpha value is -4.79. The van der Waals surface area contributed by atoms with Gasteiger partial charge in [-0.25, -0.2) is 9.37 Å². The van der Waals surface area contributed by atoms with Crippen molar-refractivity contribution in [3.63, 3.8) is 0 Å². The Kier molecular flexibility index (Phi) is 6.86. The number of carboxylic acid groups (broad SMARTS) is 1. The number of rotatable bonds is 9. The van der Waals surface area contributed by atoms with Crippen LogP contribution in [0, 0.1) is 5.82 Å². The fourth-order valence-electron chi connectivity index (χ4n) is 5.26. The van der Waals surface area contributed by atoms with Gasteiger partial charge in [-0.05, 0) is 67.3 Å². The molecular weight excluding hydrogens is 511 g/mol. The van der Waals surface area contributed by atoms with Gasteiger partial charge in [0.15, 0.2) is 5.76 Å². The molecule has 3 aromatic carbocycles. The summed E-state index contributed by atoms with van der Waals surface area (Å²) >= 11 is 0. The molecule has 0 saturated carbocycles. The molecule has 0 radical (unpaired) electrons. The van der Waals surface area contributed by atoms with E-state index in [1.807, 2.05) is 24.3 Å². The highest BCUT2D eigenvalue weighted by molar-refractivity contribution is 5.83. The van der Waals surface area contributed by atoms with Crippen LogP contribution in [0.3, 0.4) is 0 Å². The van der Waals surface area contributed by atoms with Gasteiger partial charge in [0.05, 0.1) is 23.1 Å². The highest BCUT2D eigenvalue weighted by Crippen LogP contribution is 2.30. The van der Waals surface area contributed by atoms with E-state index >= 15 is 0 Å². The number of halogens is 1. The SMILES string of the molecule is O=C(O)CCCCc1nc2cc(-c3cc(CN4CCc5ccccc54)on3)ccc2c(=O)n1-c1ccc(F)cc1. The summed E-state index contributed by atoms with van der Waals surface area (Å²) < 4.78 is 20.7. The lowest BCUT2D eigenvalue weighted by atomic mass is 10.1. The number of unbranched alkanes of at least 4 members (excludes halogenated alkanes) is 1. The Morgan fingerprint density at radius 3 is 2.67 bits per heavy atom. The molecule has 0 bridgehead atoms. The predicted octanol–water partition coefficient (Wildman–Crippen LogP) is 5.54. The second-order valence-electron chi connectivity index (χ2n) is 9.96. The third-order valence-corrected chi connectivity index (χ3v) is 7.25. The number of carboxylic acids is 1. The van der Waals surface area contributed by atoms with Crippen LogP contribution in [0.5, 0.6) is 0 Å². The molecule has 6 rings (SSSR count). The molecule has 0 amide bonds. The molecule has 0 atom stereocenters. The van der Waals surface area contributed by atoms with Crippen molar-refractivity contribution in [1.82, 2.24) is 14.7 Å². The highest BCUT2D eigenvalue weighted by Gasteiger charge is 2.21. The van der Waals surface area contributed by atoms with Crippen molar-refractivity contribution in [2.45, 2.75) is 38.6 Å². The van der Waals surface area contributed by atoms with Crippen molar-refractivity contribution in [2.75, 3.05) is 11.4 Å². The normalized spacial score (nSPS) is 12.7. The maximum atomic E-state index is 13.6. The van der Waals surface area contributed by atoms with Crippen molar-refractivity contribution in [3.05, 3.63) is 106 Å². The van der Waals surface area contributed by atoms with Crippen LogP contribution in [0.25, 0.3) is 27.8 Å². The molecule has 3 heterocycles. The summed E-state index contributed by atoms with van der Waals surface area (Å²) in [6, 6.07) is 21.3. The van der Waals surface area contributed by atoms with Crippen molar-refractivity contribution in [2.24, 2.45) is 0 Å². The van der Waals surface area contributed by atoms with Crippen molar-refractivity contribution in [1.29, 1.82) is 0 Å². The van der Waals surface area contributed by atoms with Gasteiger partial charge in [-0.15, -0.1) is 0 Å². The first-order valence-electron chi connectivity index (χ1n) is 13.3. The molecule has 1 aliphatic heterocycles. The van der Waals surface area contributed by atoms with E-state index in [0.29, 0.717) is 53.9 Å². The Morgan fingerprint density at radius 1 is 1.02 bits per heavy atom. The summed E-state index contributed by atoms with van der Waals surface area (Å²) in [6.45, 7) is 1.53. The standard InChI is InChI=1S/C31H27FN4O4/c32-22-10-12-23(13-11-22)36-29(7-3-4-8-30(37)38)33-27-17-21(9-14-25(27)31(36)39)26-18-24(40-34-26)19-35-16-15-20-5-1-2-6-28(20)35/h1-2,5-6,9-14,17-18H,3-4,7-8,15-16,19H2,(H,37,38). The van der Waals surface area contributed by atoms with E-state index in [2.05, 4.69) is 28.3 Å². The number of aliphatic carboxylic acids is 1. The molecule has 8 nitrogen and oxygen atoms in total. The lowest BCUT2D eigenvalue weighted by Gasteiger charge is -2.17. The zero-order valence-corrected chi connectivity index (χ0v) is 21.7. The molecule has 2 aromatic heterocycles. The molecule has 202 valence electrons. The first kappa shape index (κ1) is 25.5. The van der Waals surface area contributed by atoms with Gasteiger partial charge in [-0.2, -0.15) is 0 Å². The molecule has 0 unspecified atom stereocenters. The van der Waals surface area contributed by atoms with Crippen molar-refractivity contribution < 1.29 is 18.8 Å².